The predicted molar refractivity (Wildman–Crippen MR) is 57.0 cm³/mol. The van der Waals surface area contributed by atoms with Gasteiger partial charge in [-0.05, 0) is 0 Å². The molecule has 0 heterocycles. The molecule has 0 saturated carbocycles. The standard InChI is InChI=1S/C8H17O3S.FH.Li/c1-2-3-4-5-6-7-8-12(9,10)11;;/h8H,2-7H2,1H3,(H,9,10,11);1H;. The molecule has 3 nitrogen and oxygen atoms in total. The summed E-state index contributed by atoms with van der Waals surface area (Å²) in [6.07, 6.45) is 6.08. The normalized spacial score (nSPS) is 13.4. The molecule has 0 aromatic heterocycles. The van der Waals surface area contributed by atoms with Crippen molar-refractivity contribution in [2.24, 2.45) is 0 Å². The molecule has 0 aliphatic rings. The average Bonchev–Trinajstić information content (AvgIpc) is 2.02. The van der Waals surface area contributed by atoms with Crippen LogP contribution in [0.5, 0.6) is 0 Å². The first-order valence-electron chi connectivity index (χ1n) is 4.94. The third-order valence-electron chi connectivity index (χ3n) is 2.22. The second-order valence-corrected chi connectivity index (χ2v) is 5.36. The van der Waals surface area contributed by atoms with Gasteiger partial charge in [-0.1, -0.05) is 0 Å². The molecular weight excluding hydrogens is 202 g/mol. The van der Waals surface area contributed by atoms with Crippen LogP contribution in [0.4, 0.5) is 4.70 Å². The Hall–Kier alpha value is 0.437. The zero-order chi connectivity index (χ0) is 10.3. The fraction of sp³-hybridized carbons (Fsp3) is 1.00. The second kappa shape index (κ2) is 8.72. The summed E-state index contributed by atoms with van der Waals surface area (Å²) in [5.41, 5.74) is 0. The Morgan fingerprint density at radius 1 is 1.21 bits per heavy atom. The van der Waals surface area contributed by atoms with Crippen molar-refractivity contribution < 1.29 is 17.7 Å². The molecule has 0 aliphatic heterocycles. The second-order valence-electron chi connectivity index (χ2n) is 3.53. The Morgan fingerprint density at radius 2 is 1.71 bits per heavy atom. The molecule has 1 N–H and O–H groups in total. The van der Waals surface area contributed by atoms with Crippen molar-refractivity contribution in [1.29, 1.82) is 0 Å². The maximum absolute atomic E-state index is 10.6. The van der Waals surface area contributed by atoms with E-state index < -0.39 is 14.0 Å². The van der Waals surface area contributed by atoms with Crippen LogP contribution in [0, 0.1) is 0 Å². The summed E-state index contributed by atoms with van der Waals surface area (Å²) < 4.78 is 29.3. The number of unbranched alkanes of at least 4 members (excludes halogenated alkanes) is 4. The quantitative estimate of drug-likeness (QED) is 0.405. The predicted octanol–water partition coefficient (Wildman–Crippen LogP) is 1.88. The van der Waals surface area contributed by atoms with E-state index in [0.29, 0.717) is 6.42 Å². The molecule has 6 heteroatoms. The van der Waals surface area contributed by atoms with E-state index in [1.807, 2.05) is 0 Å². The maximum atomic E-state index is 10.6. The molecular formula is C8H18FLiO3S. The zero-order valence-electron chi connectivity index (χ0n) is 8.90. The van der Waals surface area contributed by atoms with Gasteiger partial charge in [0.1, 0.15) is 0 Å². The molecule has 1 atom stereocenters. The minimum absolute atomic E-state index is 0. The van der Waals surface area contributed by atoms with Crippen LogP contribution in [-0.4, -0.2) is 34.6 Å². The van der Waals surface area contributed by atoms with Crippen molar-refractivity contribution in [1.82, 2.24) is 0 Å². The van der Waals surface area contributed by atoms with Crippen molar-refractivity contribution in [3.05, 3.63) is 0 Å². The fourth-order valence-electron chi connectivity index (χ4n) is 1.18. The van der Waals surface area contributed by atoms with Crippen LogP contribution < -0.4 is 0 Å². The van der Waals surface area contributed by atoms with Crippen LogP contribution in [0.3, 0.4) is 0 Å². The first kappa shape index (κ1) is 16.9. The summed E-state index contributed by atoms with van der Waals surface area (Å²) in [7, 11) is -3.80. The van der Waals surface area contributed by atoms with E-state index >= 15 is 0 Å². The van der Waals surface area contributed by atoms with E-state index in [1.165, 1.54) is 12.8 Å². The van der Waals surface area contributed by atoms with Gasteiger partial charge in [0.25, 0.3) is 0 Å². The Morgan fingerprint density at radius 3 is 2.14 bits per heavy atom. The zero-order valence-corrected chi connectivity index (χ0v) is 9.72. The van der Waals surface area contributed by atoms with E-state index in [-0.39, 0.29) is 4.70 Å². The molecule has 0 fully saturated rings. The third kappa shape index (κ3) is 9.01. The van der Waals surface area contributed by atoms with Gasteiger partial charge in [0, 0.05) is 0 Å². The first-order valence-corrected chi connectivity index (χ1v) is 6.45. The number of rotatable bonds is 7. The third-order valence-corrected chi connectivity index (χ3v) is 3.48. The Labute approximate surface area is 95.0 Å². The van der Waals surface area contributed by atoms with Gasteiger partial charge in [0.05, 0.1) is 0 Å². The molecule has 82 valence electrons. The van der Waals surface area contributed by atoms with E-state index in [9.17, 15) is 8.42 Å². The topological polar surface area (TPSA) is 54.4 Å². The summed E-state index contributed by atoms with van der Waals surface area (Å²) in [6.45, 7) is 2.14. The summed E-state index contributed by atoms with van der Waals surface area (Å²) in [6, 6.07) is 0. The van der Waals surface area contributed by atoms with Crippen molar-refractivity contribution in [3.63, 3.8) is 0 Å². The molecule has 1 unspecified atom stereocenters. The van der Waals surface area contributed by atoms with E-state index in [1.54, 1.807) is 17.7 Å². The molecule has 14 heavy (non-hydrogen) atoms. The van der Waals surface area contributed by atoms with Crippen LogP contribution in [0.25, 0.3) is 0 Å². The molecule has 0 aromatic rings. The van der Waals surface area contributed by atoms with Gasteiger partial charge in [0.15, 0.2) is 0 Å². The van der Waals surface area contributed by atoms with Crippen LogP contribution >= 0.6 is 0 Å². The Balaban J connectivity index is 0. The molecule has 0 amide bonds. The molecule has 0 bridgehead atoms. The number of hydrogen-bond acceptors (Lipinski definition) is 2. The number of halogens is 1. The molecule has 0 rings (SSSR count). The fourth-order valence-corrected chi connectivity index (χ4v) is 1.65. The molecule has 0 spiro atoms. The molecule has 0 saturated heterocycles. The molecule has 0 aliphatic carbocycles. The molecule has 0 aromatic carbocycles. The van der Waals surface area contributed by atoms with Crippen LogP contribution in [0.15, 0.2) is 0 Å². The van der Waals surface area contributed by atoms with Gasteiger partial charge in [-0.15, -0.1) is 0 Å². The van der Waals surface area contributed by atoms with E-state index in [2.05, 4.69) is 6.92 Å². The van der Waals surface area contributed by atoms with Gasteiger partial charge in [-0.3, -0.25) is 4.70 Å². The Kier molecular flexibility index (Phi) is 10.5. The van der Waals surface area contributed by atoms with E-state index in [0.717, 1.165) is 19.3 Å². The van der Waals surface area contributed by atoms with Crippen molar-refractivity contribution in [3.8, 4) is 0 Å². The SMILES string of the molecule is F.[Li][CH](CCCCCCC)S(=O)(=O)O. The minimum atomic E-state index is -3.80. The summed E-state index contributed by atoms with van der Waals surface area (Å²) in [5.74, 6) is 0. The van der Waals surface area contributed by atoms with Gasteiger partial charge in [-0.2, -0.15) is 0 Å². The van der Waals surface area contributed by atoms with Crippen LogP contribution in [0.2, 0.25) is 0 Å². The van der Waals surface area contributed by atoms with Gasteiger partial charge in [-0.25, -0.2) is 0 Å². The summed E-state index contributed by atoms with van der Waals surface area (Å²) >= 11 is 1.55. The van der Waals surface area contributed by atoms with Gasteiger partial charge in [0.2, 0.25) is 0 Å². The van der Waals surface area contributed by atoms with E-state index in [4.69, 9.17) is 4.55 Å². The van der Waals surface area contributed by atoms with Gasteiger partial charge < -0.3 is 0 Å². The van der Waals surface area contributed by atoms with Crippen molar-refractivity contribution in [2.45, 2.75) is 49.4 Å². The van der Waals surface area contributed by atoms with Crippen molar-refractivity contribution in [2.75, 3.05) is 0 Å². The summed E-state index contributed by atoms with van der Waals surface area (Å²) in [5, 5.41) is 0. The van der Waals surface area contributed by atoms with Crippen LogP contribution in [0.1, 0.15) is 45.4 Å². The first-order chi connectivity index (χ1) is 5.98. The number of hydrogen-bond donors (Lipinski definition) is 1. The average molecular weight is 220 g/mol. The van der Waals surface area contributed by atoms with Gasteiger partial charge >= 0.3 is 90.2 Å². The summed E-state index contributed by atoms with van der Waals surface area (Å²) in [4.78, 5) is 0. The van der Waals surface area contributed by atoms with Crippen LogP contribution in [-0.2, 0) is 10.1 Å². The monoisotopic (exact) mass is 220 g/mol. The molecule has 0 radical (unpaired) electrons. The Bertz CT molecular complexity index is 219. The van der Waals surface area contributed by atoms with Crippen molar-refractivity contribution >= 4 is 27.8 Å².